The molecule has 0 saturated carbocycles. The smallest absolute Gasteiger partial charge is 0.332 e. The molecule has 96 valence electrons. The van der Waals surface area contributed by atoms with Crippen molar-refractivity contribution in [2.75, 3.05) is 6.61 Å². The molecule has 0 aromatic rings. The minimum absolute atomic E-state index is 0.224. The number of hydrogen-bond donors (Lipinski definition) is 3. The van der Waals surface area contributed by atoms with Crippen LogP contribution < -0.4 is 10.8 Å². The van der Waals surface area contributed by atoms with Gasteiger partial charge < -0.3 is 10.4 Å². The summed E-state index contributed by atoms with van der Waals surface area (Å²) in [5.74, 6) is -0.926. The topological polar surface area (TPSA) is 87.7 Å². The van der Waals surface area contributed by atoms with Crippen molar-refractivity contribution in [3.63, 3.8) is 0 Å². The molecule has 2 bridgehead atoms. The lowest BCUT2D eigenvalue weighted by Crippen LogP contribution is -2.39. The van der Waals surface area contributed by atoms with Gasteiger partial charge in [0, 0.05) is 18.5 Å². The van der Waals surface area contributed by atoms with Crippen molar-refractivity contribution in [1.29, 1.82) is 0 Å². The van der Waals surface area contributed by atoms with Crippen LogP contribution in [0.3, 0.4) is 0 Å². The summed E-state index contributed by atoms with van der Waals surface area (Å²) in [7, 11) is 0. The fourth-order valence-electron chi connectivity index (χ4n) is 2.82. The molecule has 2 unspecified atom stereocenters. The fourth-order valence-corrected chi connectivity index (χ4v) is 2.82. The Morgan fingerprint density at radius 1 is 1.29 bits per heavy atom. The number of carboxylic acid groups (broad SMARTS) is 1. The van der Waals surface area contributed by atoms with E-state index in [4.69, 9.17) is 5.11 Å². The standard InChI is InChI=1S/C11H18N2O4/c14-10(13-17-6-11(15)16)5-7-3-8-1-2-9(4-7)12-8/h7-9,12H,1-6H2,(H,13,14)(H,15,16). The maximum absolute atomic E-state index is 11.5. The number of aliphatic carboxylic acids is 1. The number of piperidine rings is 1. The first kappa shape index (κ1) is 12.3. The Kier molecular flexibility index (Phi) is 3.96. The Balaban J connectivity index is 1.66. The monoisotopic (exact) mass is 242 g/mol. The number of carbonyl (C=O) groups is 2. The predicted octanol–water partition coefficient (Wildman–Crippen LogP) is 0.0395. The Labute approximate surface area is 99.7 Å². The second-order valence-electron chi connectivity index (χ2n) is 4.89. The first-order chi connectivity index (χ1) is 8.13. The third-order valence-corrected chi connectivity index (χ3v) is 3.43. The third-order valence-electron chi connectivity index (χ3n) is 3.43. The molecular weight excluding hydrogens is 224 g/mol. The lowest BCUT2D eigenvalue weighted by Gasteiger charge is -2.28. The van der Waals surface area contributed by atoms with Crippen LogP contribution in [0.15, 0.2) is 0 Å². The first-order valence-electron chi connectivity index (χ1n) is 6.02. The van der Waals surface area contributed by atoms with Crippen LogP contribution in [0.25, 0.3) is 0 Å². The molecule has 6 nitrogen and oxygen atoms in total. The first-order valence-corrected chi connectivity index (χ1v) is 6.02. The molecular formula is C11H18N2O4. The van der Waals surface area contributed by atoms with E-state index < -0.39 is 12.6 Å². The minimum atomic E-state index is -1.09. The van der Waals surface area contributed by atoms with E-state index in [0.717, 1.165) is 12.8 Å². The number of carbonyl (C=O) groups excluding carboxylic acids is 1. The molecule has 2 atom stereocenters. The van der Waals surface area contributed by atoms with Gasteiger partial charge >= 0.3 is 5.97 Å². The number of nitrogens with one attached hydrogen (secondary N) is 2. The quantitative estimate of drug-likeness (QED) is 0.592. The van der Waals surface area contributed by atoms with Gasteiger partial charge in [0.1, 0.15) is 0 Å². The highest BCUT2D eigenvalue weighted by Crippen LogP contribution is 2.32. The molecule has 1 amide bonds. The summed E-state index contributed by atoms with van der Waals surface area (Å²) in [6.45, 7) is -0.497. The molecule has 2 saturated heterocycles. The van der Waals surface area contributed by atoms with Crippen LogP contribution in [0.5, 0.6) is 0 Å². The average Bonchev–Trinajstić information content (AvgIpc) is 2.57. The number of amides is 1. The average molecular weight is 242 g/mol. The molecule has 17 heavy (non-hydrogen) atoms. The number of hydroxylamine groups is 1. The molecule has 0 aromatic carbocycles. The van der Waals surface area contributed by atoms with Gasteiger partial charge in [-0.2, -0.15) is 0 Å². The number of fused-ring (bicyclic) bond motifs is 2. The van der Waals surface area contributed by atoms with Gasteiger partial charge in [0.05, 0.1) is 0 Å². The molecule has 2 heterocycles. The van der Waals surface area contributed by atoms with Gasteiger partial charge in [0.25, 0.3) is 0 Å². The van der Waals surface area contributed by atoms with Crippen molar-refractivity contribution in [2.45, 2.75) is 44.2 Å². The molecule has 2 fully saturated rings. The second kappa shape index (κ2) is 5.46. The van der Waals surface area contributed by atoms with Crippen LogP contribution in [-0.4, -0.2) is 35.7 Å². The Hall–Kier alpha value is -1.14. The van der Waals surface area contributed by atoms with Crippen LogP contribution in [-0.2, 0) is 14.4 Å². The van der Waals surface area contributed by atoms with Gasteiger partial charge in [0.2, 0.25) is 5.91 Å². The van der Waals surface area contributed by atoms with Crippen molar-refractivity contribution >= 4 is 11.9 Å². The highest BCUT2D eigenvalue weighted by atomic mass is 16.7. The molecule has 0 aliphatic carbocycles. The Bertz CT molecular complexity index is 296. The summed E-state index contributed by atoms with van der Waals surface area (Å²) in [6.07, 6.45) is 4.90. The van der Waals surface area contributed by atoms with Crippen molar-refractivity contribution < 1.29 is 19.5 Å². The molecule has 2 aliphatic rings. The molecule has 6 heteroatoms. The molecule has 2 rings (SSSR count). The highest BCUT2D eigenvalue weighted by Gasteiger charge is 2.34. The molecule has 0 spiro atoms. The van der Waals surface area contributed by atoms with Crippen molar-refractivity contribution in [2.24, 2.45) is 5.92 Å². The van der Waals surface area contributed by atoms with E-state index in [-0.39, 0.29) is 5.91 Å². The van der Waals surface area contributed by atoms with Gasteiger partial charge in [0.15, 0.2) is 6.61 Å². The normalized spacial score (nSPS) is 31.2. The van der Waals surface area contributed by atoms with Gasteiger partial charge in [-0.05, 0) is 31.6 Å². The van der Waals surface area contributed by atoms with Crippen molar-refractivity contribution in [3.05, 3.63) is 0 Å². The fraction of sp³-hybridized carbons (Fsp3) is 0.818. The van der Waals surface area contributed by atoms with Gasteiger partial charge in [-0.3, -0.25) is 9.63 Å². The van der Waals surface area contributed by atoms with Gasteiger partial charge in [-0.25, -0.2) is 10.3 Å². The van der Waals surface area contributed by atoms with Crippen LogP contribution >= 0.6 is 0 Å². The second-order valence-corrected chi connectivity index (χ2v) is 4.89. The van der Waals surface area contributed by atoms with Gasteiger partial charge in [-0.15, -0.1) is 0 Å². The SMILES string of the molecule is O=C(O)CONC(=O)CC1CC2CCC(C1)N2. The Morgan fingerprint density at radius 2 is 1.94 bits per heavy atom. The van der Waals surface area contributed by atoms with E-state index in [1.54, 1.807) is 0 Å². The molecule has 2 aliphatic heterocycles. The van der Waals surface area contributed by atoms with Crippen molar-refractivity contribution in [3.8, 4) is 0 Å². The van der Waals surface area contributed by atoms with Crippen LogP contribution in [0, 0.1) is 5.92 Å². The lowest BCUT2D eigenvalue weighted by molar-refractivity contribution is -0.149. The molecule has 3 N–H and O–H groups in total. The largest absolute Gasteiger partial charge is 0.479 e. The number of carboxylic acids is 1. The maximum atomic E-state index is 11.5. The van der Waals surface area contributed by atoms with Gasteiger partial charge in [-0.1, -0.05) is 0 Å². The summed E-state index contributed by atoms with van der Waals surface area (Å²) >= 11 is 0. The van der Waals surface area contributed by atoms with Crippen LogP contribution in [0.4, 0.5) is 0 Å². The maximum Gasteiger partial charge on any atom is 0.332 e. The molecule has 0 radical (unpaired) electrons. The van der Waals surface area contributed by atoms with E-state index in [1.807, 2.05) is 0 Å². The van der Waals surface area contributed by atoms with E-state index in [2.05, 4.69) is 15.6 Å². The summed E-state index contributed by atoms with van der Waals surface area (Å²) in [4.78, 5) is 26.2. The number of rotatable bonds is 5. The number of hydrogen-bond acceptors (Lipinski definition) is 4. The summed E-state index contributed by atoms with van der Waals surface area (Å²) in [5, 5.41) is 11.9. The van der Waals surface area contributed by atoms with Crippen LogP contribution in [0.1, 0.15) is 32.1 Å². The van der Waals surface area contributed by atoms with E-state index in [9.17, 15) is 9.59 Å². The van der Waals surface area contributed by atoms with E-state index in [0.29, 0.717) is 24.4 Å². The molecule has 0 aromatic heterocycles. The zero-order valence-corrected chi connectivity index (χ0v) is 9.65. The summed E-state index contributed by atoms with van der Waals surface area (Å²) < 4.78 is 0. The van der Waals surface area contributed by atoms with E-state index in [1.165, 1.54) is 12.8 Å². The zero-order chi connectivity index (χ0) is 12.3. The van der Waals surface area contributed by atoms with Crippen LogP contribution in [0.2, 0.25) is 0 Å². The van der Waals surface area contributed by atoms with Crippen molar-refractivity contribution in [1.82, 2.24) is 10.8 Å². The Morgan fingerprint density at radius 3 is 2.53 bits per heavy atom. The summed E-state index contributed by atoms with van der Waals surface area (Å²) in [6, 6.07) is 1.12. The highest BCUT2D eigenvalue weighted by molar-refractivity contribution is 5.75. The zero-order valence-electron chi connectivity index (χ0n) is 9.65. The minimum Gasteiger partial charge on any atom is -0.479 e. The predicted molar refractivity (Wildman–Crippen MR) is 59.0 cm³/mol. The summed E-state index contributed by atoms with van der Waals surface area (Å²) in [5.41, 5.74) is 2.17. The lowest BCUT2D eigenvalue weighted by atomic mass is 9.89. The van der Waals surface area contributed by atoms with E-state index >= 15 is 0 Å². The third kappa shape index (κ3) is 3.67.